The number of likely N-dealkylation sites (tertiary alicyclic amines) is 1. The fourth-order valence-electron chi connectivity index (χ4n) is 6.55. The van der Waals surface area contributed by atoms with Gasteiger partial charge in [-0.15, -0.1) is 11.3 Å². The smallest absolute Gasteiger partial charge is 0.253 e. The van der Waals surface area contributed by atoms with E-state index in [1.165, 1.54) is 43.6 Å². The normalized spacial score (nSPS) is 21.3. The quantitative estimate of drug-likeness (QED) is 0.270. The molecule has 3 aliphatic heterocycles. The molecule has 43 heavy (non-hydrogen) atoms. The number of thioether (sulfide) groups is 1. The van der Waals surface area contributed by atoms with Crippen molar-refractivity contribution < 1.29 is 9.53 Å². The zero-order chi connectivity index (χ0) is 29.6. The van der Waals surface area contributed by atoms with Crippen molar-refractivity contribution in [3.8, 4) is 11.3 Å². The molecule has 10 heteroatoms. The molecule has 6 rings (SSSR count). The molecule has 3 aromatic rings. The van der Waals surface area contributed by atoms with Gasteiger partial charge in [-0.25, -0.2) is 4.98 Å². The molecule has 5 heterocycles. The fourth-order valence-corrected chi connectivity index (χ4v) is 8.56. The Balaban J connectivity index is 1.04. The minimum Gasteiger partial charge on any atom is -0.384 e. The van der Waals surface area contributed by atoms with E-state index in [1.807, 2.05) is 28.8 Å². The van der Waals surface area contributed by atoms with Gasteiger partial charge in [-0.2, -0.15) is 11.8 Å². The van der Waals surface area contributed by atoms with Crippen LogP contribution in [0.25, 0.3) is 21.5 Å². The number of hydrogen-bond donors (Lipinski definition) is 1. The summed E-state index contributed by atoms with van der Waals surface area (Å²) in [6.07, 6.45) is 4.82. The van der Waals surface area contributed by atoms with E-state index in [9.17, 15) is 4.79 Å². The van der Waals surface area contributed by atoms with Gasteiger partial charge < -0.3 is 19.9 Å². The van der Waals surface area contributed by atoms with E-state index in [0.29, 0.717) is 22.5 Å². The lowest BCUT2D eigenvalue weighted by molar-refractivity contribution is 0.0772. The number of rotatable bonds is 9. The van der Waals surface area contributed by atoms with Crippen LogP contribution in [0.5, 0.6) is 0 Å². The van der Waals surface area contributed by atoms with Crippen molar-refractivity contribution >= 4 is 56.5 Å². The van der Waals surface area contributed by atoms with E-state index in [4.69, 9.17) is 21.3 Å². The summed E-state index contributed by atoms with van der Waals surface area (Å²) in [5, 5.41) is 6.37. The molecule has 0 radical (unpaired) electrons. The summed E-state index contributed by atoms with van der Waals surface area (Å²) in [6.45, 7) is 12.3. The summed E-state index contributed by atoms with van der Waals surface area (Å²) in [5.41, 5.74) is 4.40. The molecule has 3 fully saturated rings. The number of benzene rings is 1. The molecule has 0 saturated carbocycles. The van der Waals surface area contributed by atoms with Crippen LogP contribution < -0.4 is 5.32 Å². The number of anilines is 1. The molecule has 0 spiro atoms. The van der Waals surface area contributed by atoms with Crippen LogP contribution in [0.4, 0.5) is 5.69 Å². The van der Waals surface area contributed by atoms with E-state index in [0.717, 1.165) is 86.3 Å². The maximum absolute atomic E-state index is 13.0. The van der Waals surface area contributed by atoms with Crippen LogP contribution in [0.15, 0.2) is 35.7 Å². The minimum atomic E-state index is 0.0586. The summed E-state index contributed by atoms with van der Waals surface area (Å²) in [4.78, 5) is 25.2. The van der Waals surface area contributed by atoms with E-state index < -0.39 is 0 Å². The van der Waals surface area contributed by atoms with Crippen LogP contribution in [0.3, 0.4) is 0 Å². The first-order valence-electron chi connectivity index (χ1n) is 15.9. The highest BCUT2D eigenvalue weighted by molar-refractivity contribution is 7.99. The highest BCUT2D eigenvalue weighted by atomic mass is 35.5. The number of thiophene rings is 1. The average Bonchev–Trinajstić information content (AvgIpc) is 3.40. The third-order valence-electron chi connectivity index (χ3n) is 9.19. The number of nitrogens with zero attached hydrogens (tertiary/aromatic N) is 4. The van der Waals surface area contributed by atoms with Crippen molar-refractivity contribution in [3.63, 3.8) is 0 Å². The summed E-state index contributed by atoms with van der Waals surface area (Å²) in [7, 11) is 0. The predicted octanol–water partition coefficient (Wildman–Crippen LogP) is 6.43. The number of carbonyl (C=O) groups excluding carboxylic acids is 1. The van der Waals surface area contributed by atoms with Crippen LogP contribution in [-0.4, -0.2) is 109 Å². The Labute approximate surface area is 269 Å². The third kappa shape index (κ3) is 7.68. The average molecular weight is 642 g/mol. The van der Waals surface area contributed by atoms with Gasteiger partial charge in [-0.1, -0.05) is 24.6 Å². The fraction of sp³-hybridized carbons (Fsp3) is 0.576. The lowest BCUT2D eigenvalue weighted by Gasteiger charge is -2.38. The number of fused-ring (bicyclic) bond motifs is 1. The van der Waals surface area contributed by atoms with Crippen LogP contribution in [0, 0.1) is 5.92 Å². The van der Waals surface area contributed by atoms with Gasteiger partial charge in [0, 0.05) is 61.4 Å². The van der Waals surface area contributed by atoms with E-state index in [2.05, 4.69) is 39.6 Å². The van der Waals surface area contributed by atoms with E-state index in [-0.39, 0.29) is 5.91 Å². The number of amides is 1. The van der Waals surface area contributed by atoms with Gasteiger partial charge in [-0.3, -0.25) is 9.69 Å². The Morgan fingerprint density at radius 1 is 1.12 bits per heavy atom. The maximum Gasteiger partial charge on any atom is 0.253 e. The zero-order valence-corrected chi connectivity index (χ0v) is 27.6. The number of aromatic nitrogens is 1. The Morgan fingerprint density at radius 2 is 1.95 bits per heavy atom. The molecule has 3 aliphatic rings. The zero-order valence-electron chi connectivity index (χ0n) is 25.2. The molecule has 0 bridgehead atoms. The molecular weight excluding hydrogens is 598 g/mol. The SMILES string of the molecule is CCC1COCCN(C2CCN(CCCNc3cc(-c4ccc(C(=O)N5CCSCC5)cc4Cl)nc4ccsc34)CC2)C1. The number of hydrogen-bond acceptors (Lipinski definition) is 8. The number of piperidine rings is 1. The molecule has 3 saturated heterocycles. The summed E-state index contributed by atoms with van der Waals surface area (Å²) in [6, 6.07) is 10.5. The second kappa shape index (κ2) is 14.9. The first-order chi connectivity index (χ1) is 21.1. The predicted molar refractivity (Wildman–Crippen MR) is 182 cm³/mol. The van der Waals surface area contributed by atoms with Gasteiger partial charge >= 0.3 is 0 Å². The highest BCUT2D eigenvalue weighted by Crippen LogP contribution is 2.35. The summed E-state index contributed by atoms with van der Waals surface area (Å²) < 4.78 is 7.02. The van der Waals surface area contributed by atoms with Crippen LogP contribution in [-0.2, 0) is 4.74 Å². The molecule has 1 amide bonds. The number of ether oxygens (including phenoxy) is 1. The molecule has 1 aromatic carbocycles. The number of pyridine rings is 1. The van der Waals surface area contributed by atoms with Gasteiger partial charge in [-0.05, 0) is 80.9 Å². The lowest BCUT2D eigenvalue weighted by Crippen LogP contribution is -2.47. The first-order valence-corrected chi connectivity index (χ1v) is 18.3. The molecule has 0 aliphatic carbocycles. The molecule has 1 unspecified atom stereocenters. The Kier molecular flexibility index (Phi) is 10.8. The molecule has 7 nitrogen and oxygen atoms in total. The standard InChI is InChI=1S/C33H44ClN5O2S2/c1-2-24-22-39(13-16-41-23-24)26-6-11-37(12-7-26)10-3-9-35-31-21-30(36-29-8-17-43-32(29)31)27-5-4-25(20-28(27)34)33(40)38-14-18-42-19-15-38/h4-5,8,17,20-21,24,26H,2-3,6-7,9-16,18-19,22-23H2,1H3,(H,35,36). The van der Waals surface area contributed by atoms with E-state index in [1.54, 1.807) is 17.4 Å². The Bertz CT molecular complexity index is 1370. The van der Waals surface area contributed by atoms with Crippen molar-refractivity contribution in [2.75, 3.05) is 82.4 Å². The van der Waals surface area contributed by atoms with Crippen molar-refractivity contribution in [1.29, 1.82) is 0 Å². The van der Waals surface area contributed by atoms with Gasteiger partial charge in [0.15, 0.2) is 0 Å². The Hall–Kier alpha value is -1.88. The molecule has 232 valence electrons. The first kappa shape index (κ1) is 31.1. The van der Waals surface area contributed by atoms with Crippen molar-refractivity contribution in [2.24, 2.45) is 5.92 Å². The van der Waals surface area contributed by atoms with Gasteiger partial charge in [0.05, 0.1) is 39.8 Å². The largest absolute Gasteiger partial charge is 0.384 e. The number of carbonyl (C=O) groups is 1. The monoisotopic (exact) mass is 641 g/mol. The van der Waals surface area contributed by atoms with Gasteiger partial charge in [0.25, 0.3) is 5.91 Å². The molecule has 1 atom stereocenters. The van der Waals surface area contributed by atoms with E-state index >= 15 is 0 Å². The second-order valence-electron chi connectivity index (χ2n) is 12.0. The second-order valence-corrected chi connectivity index (χ2v) is 14.5. The minimum absolute atomic E-state index is 0.0586. The van der Waals surface area contributed by atoms with Crippen molar-refractivity contribution in [1.82, 2.24) is 19.7 Å². The number of nitrogens with one attached hydrogen (secondary N) is 1. The molecular formula is C33H44ClN5O2S2. The van der Waals surface area contributed by atoms with Crippen molar-refractivity contribution in [2.45, 2.75) is 38.6 Å². The van der Waals surface area contributed by atoms with Crippen LogP contribution in [0.1, 0.15) is 43.0 Å². The van der Waals surface area contributed by atoms with Crippen LogP contribution in [0.2, 0.25) is 5.02 Å². The third-order valence-corrected chi connectivity index (χ3v) is 11.4. The van der Waals surface area contributed by atoms with Gasteiger partial charge in [0.1, 0.15) is 0 Å². The van der Waals surface area contributed by atoms with Crippen molar-refractivity contribution in [3.05, 3.63) is 46.3 Å². The molecule has 1 N–H and O–H groups in total. The maximum atomic E-state index is 13.0. The van der Waals surface area contributed by atoms with Crippen LogP contribution >= 0.6 is 34.7 Å². The lowest BCUT2D eigenvalue weighted by atomic mass is 10.00. The molecule has 2 aromatic heterocycles. The highest BCUT2D eigenvalue weighted by Gasteiger charge is 2.27. The number of halogens is 1. The Morgan fingerprint density at radius 3 is 2.74 bits per heavy atom. The summed E-state index contributed by atoms with van der Waals surface area (Å²) in [5.74, 6) is 2.72. The topological polar surface area (TPSA) is 60.9 Å². The summed E-state index contributed by atoms with van der Waals surface area (Å²) >= 11 is 10.4. The van der Waals surface area contributed by atoms with Gasteiger partial charge in [0.2, 0.25) is 0 Å².